The van der Waals surface area contributed by atoms with E-state index < -0.39 is 37.2 Å². The highest BCUT2D eigenvalue weighted by molar-refractivity contribution is 5.73. The maximum atomic E-state index is 10.8. The van der Waals surface area contributed by atoms with Crippen LogP contribution in [-0.2, 0) is 9.53 Å². The maximum Gasteiger partial charge on any atom is 0.217 e. The molecule has 1 rings (SSSR count). The highest BCUT2D eigenvalue weighted by Crippen LogP contribution is 2.18. The average molecular weight is 220 g/mol. The molecule has 7 heteroatoms. The zero-order valence-electron chi connectivity index (χ0n) is 8.33. The number of aliphatic hydroxyl groups excluding tert-OH is 3. The standard InChI is InChI=1S/C8H16N2O5/c1-3(12)10-5-7(14)6(13)4(2-11)15-8(5)9/h4-8,11,13-14H,2,9H2,1H3,(H,10,12)/t4-,5-,6+,7-,8+/m1/s1. The fraction of sp³-hybridized carbons (Fsp3) is 0.875. The van der Waals surface area contributed by atoms with E-state index in [0.29, 0.717) is 0 Å². The summed E-state index contributed by atoms with van der Waals surface area (Å²) in [6.07, 6.45) is -4.41. The third-order valence-electron chi connectivity index (χ3n) is 2.33. The lowest BCUT2D eigenvalue weighted by Crippen LogP contribution is -2.66. The van der Waals surface area contributed by atoms with Crippen LogP contribution >= 0.6 is 0 Å². The molecule has 5 atom stereocenters. The lowest BCUT2D eigenvalue weighted by Gasteiger charge is -2.40. The second kappa shape index (κ2) is 4.86. The number of rotatable bonds is 2. The van der Waals surface area contributed by atoms with Crippen molar-refractivity contribution < 1.29 is 24.9 Å². The molecular weight excluding hydrogens is 204 g/mol. The van der Waals surface area contributed by atoms with Crippen LogP contribution in [0.15, 0.2) is 0 Å². The molecule has 0 aromatic heterocycles. The Labute approximate surface area is 86.8 Å². The van der Waals surface area contributed by atoms with Gasteiger partial charge in [-0.25, -0.2) is 0 Å². The molecule has 1 heterocycles. The van der Waals surface area contributed by atoms with Gasteiger partial charge in [-0.1, -0.05) is 0 Å². The van der Waals surface area contributed by atoms with Crippen molar-refractivity contribution in [1.29, 1.82) is 0 Å². The number of hydrogen-bond donors (Lipinski definition) is 5. The molecule has 0 radical (unpaired) electrons. The second-order valence-electron chi connectivity index (χ2n) is 3.53. The van der Waals surface area contributed by atoms with Gasteiger partial charge in [0.1, 0.15) is 24.5 Å². The summed E-state index contributed by atoms with van der Waals surface area (Å²) < 4.78 is 5.03. The van der Waals surface area contributed by atoms with Crippen molar-refractivity contribution in [2.75, 3.05) is 6.61 Å². The first-order valence-electron chi connectivity index (χ1n) is 4.62. The summed E-state index contributed by atoms with van der Waals surface area (Å²) in [5, 5.41) is 30.3. The zero-order valence-corrected chi connectivity index (χ0v) is 8.33. The van der Waals surface area contributed by atoms with E-state index in [1.807, 2.05) is 0 Å². The lowest BCUT2D eigenvalue weighted by atomic mass is 9.96. The fourth-order valence-corrected chi connectivity index (χ4v) is 1.55. The van der Waals surface area contributed by atoms with Crippen LogP contribution in [-0.4, -0.2) is 58.4 Å². The van der Waals surface area contributed by atoms with Crippen LogP contribution in [0.2, 0.25) is 0 Å². The monoisotopic (exact) mass is 220 g/mol. The topological polar surface area (TPSA) is 125 Å². The molecule has 0 aromatic rings. The first kappa shape index (κ1) is 12.3. The maximum absolute atomic E-state index is 10.8. The minimum atomic E-state index is -1.27. The number of carbonyl (C=O) groups is 1. The molecule has 0 saturated carbocycles. The van der Waals surface area contributed by atoms with Gasteiger partial charge >= 0.3 is 0 Å². The van der Waals surface area contributed by atoms with E-state index in [4.69, 9.17) is 15.6 Å². The van der Waals surface area contributed by atoms with Gasteiger partial charge in [-0.3, -0.25) is 4.79 Å². The molecule has 0 unspecified atom stereocenters. The van der Waals surface area contributed by atoms with E-state index in [0.717, 1.165) is 0 Å². The number of amides is 1. The Morgan fingerprint density at radius 2 is 2.07 bits per heavy atom. The highest BCUT2D eigenvalue weighted by Gasteiger charge is 2.42. The fourth-order valence-electron chi connectivity index (χ4n) is 1.55. The summed E-state index contributed by atoms with van der Waals surface area (Å²) in [4.78, 5) is 10.8. The van der Waals surface area contributed by atoms with Gasteiger partial charge in [0.2, 0.25) is 5.91 Å². The van der Waals surface area contributed by atoms with Crippen molar-refractivity contribution in [2.45, 2.75) is 37.5 Å². The van der Waals surface area contributed by atoms with E-state index in [-0.39, 0.29) is 5.91 Å². The van der Waals surface area contributed by atoms with E-state index in [2.05, 4.69) is 5.32 Å². The molecular formula is C8H16N2O5. The minimum Gasteiger partial charge on any atom is -0.394 e. The molecule has 0 bridgehead atoms. The van der Waals surface area contributed by atoms with Crippen molar-refractivity contribution in [1.82, 2.24) is 5.32 Å². The number of nitrogens with two attached hydrogens (primary N) is 1. The zero-order chi connectivity index (χ0) is 11.6. The van der Waals surface area contributed by atoms with Crippen molar-refractivity contribution >= 4 is 5.91 Å². The van der Waals surface area contributed by atoms with Gasteiger partial charge in [0.25, 0.3) is 0 Å². The predicted molar refractivity (Wildman–Crippen MR) is 49.6 cm³/mol. The number of ether oxygens (including phenoxy) is 1. The molecule has 88 valence electrons. The van der Waals surface area contributed by atoms with E-state index in [9.17, 15) is 15.0 Å². The molecule has 1 saturated heterocycles. The van der Waals surface area contributed by atoms with Crippen LogP contribution in [0, 0.1) is 0 Å². The summed E-state index contributed by atoms with van der Waals surface area (Å²) in [5.41, 5.74) is 5.53. The molecule has 0 aromatic carbocycles. The number of carbonyl (C=O) groups excluding carboxylic acids is 1. The molecule has 1 amide bonds. The van der Waals surface area contributed by atoms with Crippen LogP contribution in [0.3, 0.4) is 0 Å². The first-order valence-corrected chi connectivity index (χ1v) is 4.62. The van der Waals surface area contributed by atoms with E-state index >= 15 is 0 Å². The molecule has 15 heavy (non-hydrogen) atoms. The Morgan fingerprint density at radius 3 is 2.53 bits per heavy atom. The van der Waals surface area contributed by atoms with Crippen molar-refractivity contribution in [3.63, 3.8) is 0 Å². The van der Waals surface area contributed by atoms with Gasteiger partial charge in [-0.15, -0.1) is 0 Å². The Hall–Kier alpha value is -0.730. The first-order chi connectivity index (χ1) is 6.97. The van der Waals surface area contributed by atoms with Gasteiger partial charge in [0.15, 0.2) is 0 Å². The van der Waals surface area contributed by atoms with Gasteiger partial charge in [-0.2, -0.15) is 0 Å². The minimum absolute atomic E-state index is 0.382. The molecule has 0 aliphatic carbocycles. The third-order valence-corrected chi connectivity index (χ3v) is 2.33. The summed E-state index contributed by atoms with van der Waals surface area (Å²) in [7, 11) is 0. The molecule has 1 aliphatic rings. The smallest absolute Gasteiger partial charge is 0.217 e. The molecule has 7 nitrogen and oxygen atoms in total. The highest BCUT2D eigenvalue weighted by atomic mass is 16.5. The normalized spacial score (nSPS) is 41.3. The Bertz CT molecular complexity index is 237. The van der Waals surface area contributed by atoms with Crippen LogP contribution in [0.4, 0.5) is 0 Å². The van der Waals surface area contributed by atoms with Crippen LogP contribution in [0.5, 0.6) is 0 Å². The second-order valence-corrected chi connectivity index (χ2v) is 3.53. The lowest BCUT2D eigenvalue weighted by molar-refractivity contribution is -0.193. The number of hydrogen-bond acceptors (Lipinski definition) is 6. The Morgan fingerprint density at radius 1 is 1.47 bits per heavy atom. The predicted octanol–water partition coefficient (Wildman–Crippen LogP) is -3.11. The van der Waals surface area contributed by atoms with Crippen molar-refractivity contribution in [3.05, 3.63) is 0 Å². The van der Waals surface area contributed by atoms with E-state index in [1.54, 1.807) is 0 Å². The van der Waals surface area contributed by atoms with Gasteiger partial charge < -0.3 is 31.1 Å². The van der Waals surface area contributed by atoms with Gasteiger partial charge in [-0.05, 0) is 0 Å². The third kappa shape index (κ3) is 2.64. The summed E-state index contributed by atoms with van der Waals surface area (Å²) in [5.74, 6) is -0.382. The number of nitrogens with one attached hydrogen (secondary N) is 1. The van der Waals surface area contributed by atoms with Crippen LogP contribution < -0.4 is 11.1 Å². The summed E-state index contributed by atoms with van der Waals surface area (Å²) in [6, 6.07) is -0.875. The summed E-state index contributed by atoms with van der Waals surface area (Å²) in [6.45, 7) is 0.822. The SMILES string of the molecule is CC(=O)N[C@@H]1[C@@H](O)[C@@H](O)[C@@H](CO)O[C@@H]1N. The van der Waals surface area contributed by atoms with Gasteiger partial charge in [0.05, 0.1) is 12.6 Å². The molecule has 1 fully saturated rings. The molecule has 6 N–H and O–H groups in total. The Balaban J connectivity index is 2.70. The average Bonchev–Trinajstić information content (AvgIpc) is 2.18. The van der Waals surface area contributed by atoms with Gasteiger partial charge in [0, 0.05) is 6.92 Å². The molecule has 1 aliphatic heterocycles. The Kier molecular flexibility index (Phi) is 4.00. The van der Waals surface area contributed by atoms with Crippen molar-refractivity contribution in [2.24, 2.45) is 5.73 Å². The quantitative estimate of drug-likeness (QED) is 0.335. The summed E-state index contributed by atoms with van der Waals surface area (Å²) >= 11 is 0. The largest absolute Gasteiger partial charge is 0.394 e. The van der Waals surface area contributed by atoms with E-state index in [1.165, 1.54) is 6.92 Å². The van der Waals surface area contributed by atoms with Crippen LogP contribution in [0.25, 0.3) is 0 Å². The number of aliphatic hydroxyl groups is 3. The van der Waals surface area contributed by atoms with Crippen molar-refractivity contribution in [3.8, 4) is 0 Å². The molecule has 0 spiro atoms. The van der Waals surface area contributed by atoms with Crippen LogP contribution in [0.1, 0.15) is 6.92 Å².